The summed E-state index contributed by atoms with van der Waals surface area (Å²) in [5, 5.41) is 37.8. The predicted molar refractivity (Wildman–Crippen MR) is 97.6 cm³/mol. The van der Waals surface area contributed by atoms with Gasteiger partial charge in [-0.2, -0.15) is 0 Å². The number of phenols is 3. The second-order valence-corrected chi connectivity index (χ2v) is 6.90. The number of hydrogen-bond donors (Lipinski definition) is 4. The summed E-state index contributed by atoms with van der Waals surface area (Å²) >= 11 is 0. The van der Waals surface area contributed by atoms with Crippen LogP contribution in [0.4, 0.5) is 0 Å². The Labute approximate surface area is 146 Å². The lowest BCUT2D eigenvalue weighted by atomic mass is 10.0. The van der Waals surface area contributed by atoms with Crippen LogP contribution in [-0.2, 0) is 6.42 Å². The van der Waals surface area contributed by atoms with Crippen molar-refractivity contribution in [2.45, 2.75) is 90.1 Å². The molecule has 1 aromatic rings. The van der Waals surface area contributed by atoms with Crippen LogP contribution >= 0.6 is 0 Å². The van der Waals surface area contributed by atoms with Crippen molar-refractivity contribution in [3.63, 3.8) is 0 Å². The maximum atomic E-state index is 9.74. The first-order valence-electron chi connectivity index (χ1n) is 9.42. The van der Waals surface area contributed by atoms with Gasteiger partial charge in [-0.25, -0.2) is 0 Å². The third-order valence-corrected chi connectivity index (χ3v) is 4.47. The fraction of sp³-hybridized carbons (Fsp3) is 0.700. The number of phenolic OH excluding ortho intramolecular Hbond substituents is 3. The molecule has 1 unspecified atom stereocenters. The summed E-state index contributed by atoms with van der Waals surface area (Å²) in [6.45, 7) is 1.85. The molecule has 1 atom stereocenters. The van der Waals surface area contributed by atoms with Crippen molar-refractivity contribution < 1.29 is 20.4 Å². The van der Waals surface area contributed by atoms with Crippen molar-refractivity contribution in [2.75, 3.05) is 0 Å². The lowest BCUT2D eigenvalue weighted by Crippen LogP contribution is -1.98. The first-order valence-corrected chi connectivity index (χ1v) is 9.42. The Kier molecular flexibility index (Phi) is 10.3. The molecule has 0 heterocycles. The van der Waals surface area contributed by atoms with Crippen LogP contribution in [0.3, 0.4) is 0 Å². The average Bonchev–Trinajstić information content (AvgIpc) is 2.52. The monoisotopic (exact) mass is 338 g/mol. The molecule has 0 bridgehead atoms. The molecule has 0 aromatic heterocycles. The molecule has 4 nitrogen and oxygen atoms in total. The van der Waals surface area contributed by atoms with Crippen LogP contribution in [0.1, 0.15) is 83.1 Å². The molecule has 0 radical (unpaired) electrons. The number of hydrogen-bond acceptors (Lipinski definition) is 4. The van der Waals surface area contributed by atoms with Gasteiger partial charge < -0.3 is 20.4 Å². The number of benzene rings is 1. The van der Waals surface area contributed by atoms with Crippen LogP contribution in [0, 0.1) is 0 Å². The largest absolute Gasteiger partial charge is 0.508 e. The molecule has 24 heavy (non-hydrogen) atoms. The molecule has 0 fully saturated rings. The SMILES string of the molecule is CC(O)CCCCCCCCCCCCc1cc(O)cc(O)c1O. The highest BCUT2D eigenvalue weighted by Gasteiger charge is 2.08. The molecule has 0 saturated carbocycles. The molecule has 138 valence electrons. The van der Waals surface area contributed by atoms with E-state index in [0.717, 1.165) is 31.7 Å². The van der Waals surface area contributed by atoms with Crippen LogP contribution < -0.4 is 0 Å². The molecule has 4 heteroatoms. The summed E-state index contributed by atoms with van der Waals surface area (Å²) in [4.78, 5) is 0. The van der Waals surface area contributed by atoms with Gasteiger partial charge in [0.25, 0.3) is 0 Å². The fourth-order valence-corrected chi connectivity index (χ4v) is 3.02. The minimum atomic E-state index is -0.251. The Bertz CT molecular complexity index is 457. The maximum Gasteiger partial charge on any atom is 0.161 e. The summed E-state index contributed by atoms with van der Waals surface area (Å²) in [6, 6.07) is 2.68. The van der Waals surface area contributed by atoms with Crippen LogP contribution in [-0.4, -0.2) is 26.5 Å². The van der Waals surface area contributed by atoms with E-state index in [4.69, 9.17) is 0 Å². The van der Waals surface area contributed by atoms with Gasteiger partial charge in [-0.15, -0.1) is 0 Å². The van der Waals surface area contributed by atoms with Gasteiger partial charge in [0.2, 0.25) is 0 Å². The molecular formula is C20H34O4. The van der Waals surface area contributed by atoms with Crippen molar-refractivity contribution in [2.24, 2.45) is 0 Å². The van der Waals surface area contributed by atoms with Crippen molar-refractivity contribution in [1.29, 1.82) is 0 Å². The van der Waals surface area contributed by atoms with E-state index in [9.17, 15) is 20.4 Å². The molecule has 0 aliphatic heterocycles. The smallest absolute Gasteiger partial charge is 0.161 e. The number of unbranched alkanes of at least 4 members (excludes halogenated alkanes) is 9. The first-order chi connectivity index (χ1) is 11.5. The Morgan fingerprint density at radius 3 is 1.79 bits per heavy atom. The number of aliphatic hydroxyl groups is 1. The quantitative estimate of drug-likeness (QED) is 0.231. The number of aliphatic hydroxyl groups excluding tert-OH is 1. The second kappa shape index (κ2) is 12.0. The lowest BCUT2D eigenvalue weighted by Gasteiger charge is -2.07. The van der Waals surface area contributed by atoms with Gasteiger partial charge in [-0.1, -0.05) is 57.8 Å². The zero-order chi connectivity index (χ0) is 17.8. The molecule has 1 rings (SSSR count). The van der Waals surface area contributed by atoms with E-state index in [2.05, 4.69) is 0 Å². The second-order valence-electron chi connectivity index (χ2n) is 6.90. The Morgan fingerprint density at radius 2 is 1.25 bits per heavy atom. The molecule has 0 aliphatic carbocycles. The van der Waals surface area contributed by atoms with Gasteiger partial charge in [-0.3, -0.25) is 0 Å². The number of aryl methyl sites for hydroxylation is 1. The summed E-state index contributed by atoms with van der Waals surface area (Å²) in [7, 11) is 0. The van der Waals surface area contributed by atoms with E-state index < -0.39 is 0 Å². The lowest BCUT2D eigenvalue weighted by molar-refractivity contribution is 0.180. The van der Waals surface area contributed by atoms with Crippen LogP contribution in [0.5, 0.6) is 17.2 Å². The van der Waals surface area contributed by atoms with Gasteiger partial charge in [-0.05, 0) is 32.3 Å². The Balaban J connectivity index is 1.96. The Morgan fingerprint density at radius 1 is 0.750 bits per heavy atom. The van der Waals surface area contributed by atoms with Crippen molar-refractivity contribution in [1.82, 2.24) is 0 Å². The molecule has 0 amide bonds. The summed E-state index contributed by atoms with van der Waals surface area (Å²) in [5.41, 5.74) is 0.615. The third kappa shape index (κ3) is 9.02. The zero-order valence-corrected chi connectivity index (χ0v) is 15.0. The van der Waals surface area contributed by atoms with Gasteiger partial charge in [0.1, 0.15) is 5.75 Å². The highest BCUT2D eigenvalue weighted by atomic mass is 16.3. The summed E-state index contributed by atoms with van der Waals surface area (Å²) in [6.07, 6.45) is 13.4. The maximum absolute atomic E-state index is 9.74. The van der Waals surface area contributed by atoms with E-state index in [1.54, 1.807) is 0 Å². The van der Waals surface area contributed by atoms with E-state index in [-0.39, 0.29) is 23.4 Å². The standard InChI is InChI=1S/C20H34O4/c1-16(21)12-10-8-6-4-2-3-5-7-9-11-13-17-14-18(22)15-19(23)20(17)24/h14-16,21-24H,2-13H2,1H3. The molecule has 4 N–H and O–H groups in total. The molecule has 0 aliphatic rings. The number of aromatic hydroxyl groups is 3. The molecular weight excluding hydrogens is 304 g/mol. The van der Waals surface area contributed by atoms with Crippen molar-refractivity contribution in [3.8, 4) is 17.2 Å². The highest BCUT2D eigenvalue weighted by molar-refractivity contribution is 5.49. The summed E-state index contributed by atoms with van der Waals surface area (Å²) < 4.78 is 0. The van der Waals surface area contributed by atoms with Gasteiger partial charge in [0, 0.05) is 11.6 Å². The van der Waals surface area contributed by atoms with Crippen molar-refractivity contribution in [3.05, 3.63) is 17.7 Å². The highest BCUT2D eigenvalue weighted by Crippen LogP contribution is 2.34. The average molecular weight is 338 g/mol. The Hall–Kier alpha value is -1.42. The topological polar surface area (TPSA) is 80.9 Å². The number of rotatable bonds is 13. The third-order valence-electron chi connectivity index (χ3n) is 4.47. The van der Waals surface area contributed by atoms with Crippen molar-refractivity contribution >= 4 is 0 Å². The molecule has 1 aromatic carbocycles. The van der Waals surface area contributed by atoms with Gasteiger partial charge in [0.05, 0.1) is 6.10 Å². The zero-order valence-electron chi connectivity index (χ0n) is 15.0. The first kappa shape index (κ1) is 20.6. The minimum Gasteiger partial charge on any atom is -0.508 e. The molecule has 0 saturated heterocycles. The minimum absolute atomic E-state index is 0.00579. The van der Waals surface area contributed by atoms with Crippen LogP contribution in [0.15, 0.2) is 12.1 Å². The summed E-state index contributed by atoms with van der Waals surface area (Å²) in [5.74, 6) is -0.365. The van der Waals surface area contributed by atoms with E-state index in [0.29, 0.717) is 12.0 Å². The van der Waals surface area contributed by atoms with E-state index in [1.165, 1.54) is 51.0 Å². The van der Waals surface area contributed by atoms with Crippen LogP contribution in [0.25, 0.3) is 0 Å². The van der Waals surface area contributed by atoms with Gasteiger partial charge in [0.15, 0.2) is 11.5 Å². The molecule has 0 spiro atoms. The van der Waals surface area contributed by atoms with Crippen LogP contribution in [0.2, 0.25) is 0 Å². The fourth-order valence-electron chi connectivity index (χ4n) is 3.02. The van der Waals surface area contributed by atoms with E-state index >= 15 is 0 Å². The normalized spacial score (nSPS) is 12.4. The van der Waals surface area contributed by atoms with Gasteiger partial charge >= 0.3 is 0 Å². The predicted octanol–water partition coefficient (Wildman–Crippen LogP) is 5.02. The van der Waals surface area contributed by atoms with E-state index in [1.807, 2.05) is 6.92 Å².